The van der Waals surface area contributed by atoms with Gasteiger partial charge in [0.25, 0.3) is 0 Å². The van der Waals surface area contributed by atoms with Crippen LogP contribution in [0.1, 0.15) is 33.5 Å². The lowest BCUT2D eigenvalue weighted by Gasteiger charge is -2.11. The number of cyclic esters (lactones) is 1. The van der Waals surface area contributed by atoms with Crippen molar-refractivity contribution in [3.8, 4) is 11.3 Å². The number of thiazole rings is 1. The van der Waals surface area contributed by atoms with Crippen LogP contribution in [0.2, 0.25) is 0 Å². The summed E-state index contributed by atoms with van der Waals surface area (Å²) in [6.07, 6.45) is -0.453. The van der Waals surface area contributed by atoms with E-state index >= 15 is 0 Å². The van der Waals surface area contributed by atoms with Gasteiger partial charge in [-0.15, -0.1) is 11.3 Å². The van der Waals surface area contributed by atoms with Crippen LogP contribution in [0.15, 0.2) is 53.9 Å². The number of esters is 1. The maximum absolute atomic E-state index is 12.4. The van der Waals surface area contributed by atoms with E-state index in [0.29, 0.717) is 11.3 Å². The summed E-state index contributed by atoms with van der Waals surface area (Å²) in [5.41, 5.74) is 3.83. The standard InChI is InChI=1S/C20H16N2O3S/c1-12-21-17(11-26-12)13-5-4-6-14(9-13)22-19(23)10-18-15-7-2-3-8-16(15)20(24)25-18/h2-9,11,18H,10H2,1H3,(H,22,23)/t18-/m0/s1. The molecule has 4 rings (SSSR count). The van der Waals surface area contributed by atoms with E-state index in [1.807, 2.05) is 48.7 Å². The van der Waals surface area contributed by atoms with E-state index in [1.165, 1.54) is 0 Å². The number of carbonyl (C=O) groups is 2. The summed E-state index contributed by atoms with van der Waals surface area (Å²) in [5, 5.41) is 5.86. The third-order valence-electron chi connectivity index (χ3n) is 4.21. The van der Waals surface area contributed by atoms with Crippen molar-refractivity contribution in [2.45, 2.75) is 19.4 Å². The molecule has 0 saturated heterocycles. The van der Waals surface area contributed by atoms with Gasteiger partial charge in [-0.1, -0.05) is 30.3 Å². The number of aryl methyl sites for hydroxylation is 1. The first-order valence-electron chi connectivity index (χ1n) is 8.22. The van der Waals surface area contributed by atoms with Gasteiger partial charge in [-0.05, 0) is 25.1 Å². The van der Waals surface area contributed by atoms with Crippen molar-refractivity contribution in [2.75, 3.05) is 5.32 Å². The summed E-state index contributed by atoms with van der Waals surface area (Å²) < 4.78 is 5.33. The fraction of sp³-hybridized carbons (Fsp3) is 0.150. The van der Waals surface area contributed by atoms with Crippen LogP contribution in [0.25, 0.3) is 11.3 Å². The van der Waals surface area contributed by atoms with Crippen LogP contribution < -0.4 is 5.32 Å². The van der Waals surface area contributed by atoms with Crippen molar-refractivity contribution < 1.29 is 14.3 Å². The van der Waals surface area contributed by atoms with E-state index in [1.54, 1.807) is 23.5 Å². The van der Waals surface area contributed by atoms with Gasteiger partial charge in [0.15, 0.2) is 0 Å². The number of carbonyl (C=O) groups excluding carboxylic acids is 2. The van der Waals surface area contributed by atoms with Gasteiger partial charge in [0.05, 0.1) is 22.7 Å². The Morgan fingerprint density at radius 3 is 2.88 bits per heavy atom. The topological polar surface area (TPSA) is 68.3 Å². The highest BCUT2D eigenvalue weighted by molar-refractivity contribution is 7.09. The highest BCUT2D eigenvalue weighted by Gasteiger charge is 2.32. The maximum atomic E-state index is 12.4. The quantitative estimate of drug-likeness (QED) is 0.699. The van der Waals surface area contributed by atoms with E-state index < -0.39 is 6.10 Å². The van der Waals surface area contributed by atoms with Crippen LogP contribution >= 0.6 is 11.3 Å². The Morgan fingerprint density at radius 1 is 1.23 bits per heavy atom. The number of nitrogens with zero attached hydrogens (tertiary/aromatic N) is 1. The number of rotatable bonds is 4. The van der Waals surface area contributed by atoms with Crippen LogP contribution in [0.5, 0.6) is 0 Å². The lowest BCUT2D eigenvalue weighted by atomic mass is 10.0. The number of hydrogen-bond donors (Lipinski definition) is 1. The third-order valence-corrected chi connectivity index (χ3v) is 4.98. The van der Waals surface area contributed by atoms with Crippen LogP contribution in [0.4, 0.5) is 5.69 Å². The van der Waals surface area contributed by atoms with Crippen LogP contribution in [-0.4, -0.2) is 16.9 Å². The summed E-state index contributed by atoms with van der Waals surface area (Å²) in [5.74, 6) is -0.578. The number of fused-ring (bicyclic) bond motifs is 1. The minimum Gasteiger partial charge on any atom is -0.453 e. The molecule has 3 aromatic rings. The molecule has 0 aliphatic carbocycles. The Labute approximate surface area is 154 Å². The van der Waals surface area contributed by atoms with E-state index in [0.717, 1.165) is 21.8 Å². The Balaban J connectivity index is 1.47. The number of hydrogen-bond acceptors (Lipinski definition) is 5. The van der Waals surface area contributed by atoms with Gasteiger partial charge in [0, 0.05) is 22.2 Å². The fourth-order valence-electron chi connectivity index (χ4n) is 3.00. The van der Waals surface area contributed by atoms with Gasteiger partial charge in [0.1, 0.15) is 6.10 Å². The number of nitrogens with one attached hydrogen (secondary N) is 1. The highest BCUT2D eigenvalue weighted by atomic mass is 32.1. The summed E-state index contributed by atoms with van der Waals surface area (Å²) in [7, 11) is 0. The van der Waals surface area contributed by atoms with Gasteiger partial charge < -0.3 is 10.1 Å². The average Bonchev–Trinajstić information content (AvgIpc) is 3.20. The van der Waals surface area contributed by atoms with Crippen LogP contribution in [0, 0.1) is 6.92 Å². The molecule has 1 aliphatic heterocycles. The Hall–Kier alpha value is -2.99. The zero-order valence-electron chi connectivity index (χ0n) is 14.1. The van der Waals surface area contributed by atoms with Gasteiger partial charge in [-0.2, -0.15) is 0 Å². The number of aromatic nitrogens is 1. The van der Waals surface area contributed by atoms with Crippen molar-refractivity contribution in [3.05, 3.63) is 70.0 Å². The second-order valence-electron chi connectivity index (χ2n) is 6.07. The normalized spacial score (nSPS) is 15.4. The van der Waals surface area contributed by atoms with Crippen molar-refractivity contribution in [3.63, 3.8) is 0 Å². The van der Waals surface area contributed by atoms with E-state index in [4.69, 9.17) is 4.74 Å². The molecule has 0 bridgehead atoms. The molecular formula is C20H16N2O3S. The Kier molecular flexibility index (Phi) is 4.26. The smallest absolute Gasteiger partial charge is 0.339 e. The molecule has 5 nitrogen and oxygen atoms in total. The molecule has 1 amide bonds. The molecule has 0 spiro atoms. The van der Waals surface area contributed by atoms with Gasteiger partial charge >= 0.3 is 5.97 Å². The number of anilines is 1. The summed E-state index contributed by atoms with van der Waals surface area (Å²) in [6.45, 7) is 1.96. The molecule has 0 radical (unpaired) electrons. The van der Waals surface area contributed by atoms with E-state index in [9.17, 15) is 9.59 Å². The third kappa shape index (κ3) is 3.23. The lowest BCUT2D eigenvalue weighted by Crippen LogP contribution is -2.15. The lowest BCUT2D eigenvalue weighted by molar-refractivity contribution is -0.118. The molecule has 0 fully saturated rings. The molecule has 1 atom stereocenters. The molecule has 0 saturated carbocycles. The van der Waals surface area contributed by atoms with Gasteiger partial charge in [0.2, 0.25) is 5.91 Å². The Bertz CT molecular complexity index is 996. The van der Waals surface area contributed by atoms with Crippen molar-refractivity contribution >= 4 is 28.9 Å². The Morgan fingerprint density at radius 2 is 2.08 bits per heavy atom. The fourth-order valence-corrected chi connectivity index (χ4v) is 3.63. The summed E-state index contributed by atoms with van der Waals surface area (Å²) in [4.78, 5) is 28.7. The number of benzene rings is 2. The molecule has 130 valence electrons. The zero-order valence-corrected chi connectivity index (χ0v) is 14.9. The molecule has 6 heteroatoms. The number of ether oxygens (including phenoxy) is 1. The highest BCUT2D eigenvalue weighted by Crippen LogP contribution is 2.33. The molecule has 0 unspecified atom stereocenters. The molecule has 2 heterocycles. The van der Waals surface area contributed by atoms with E-state index in [-0.39, 0.29) is 18.3 Å². The first-order valence-corrected chi connectivity index (χ1v) is 9.10. The number of amides is 1. The van der Waals surface area contributed by atoms with E-state index in [2.05, 4.69) is 10.3 Å². The predicted molar refractivity (Wildman–Crippen MR) is 100 cm³/mol. The minimum absolute atomic E-state index is 0.0861. The molecular weight excluding hydrogens is 348 g/mol. The molecule has 26 heavy (non-hydrogen) atoms. The largest absolute Gasteiger partial charge is 0.453 e. The molecule has 1 aromatic heterocycles. The average molecular weight is 364 g/mol. The monoisotopic (exact) mass is 364 g/mol. The van der Waals surface area contributed by atoms with Gasteiger partial charge in [-0.3, -0.25) is 4.79 Å². The van der Waals surface area contributed by atoms with Crippen molar-refractivity contribution in [1.29, 1.82) is 0 Å². The first-order chi connectivity index (χ1) is 12.6. The van der Waals surface area contributed by atoms with Crippen molar-refractivity contribution in [1.82, 2.24) is 4.98 Å². The minimum atomic E-state index is -0.539. The second-order valence-corrected chi connectivity index (χ2v) is 7.13. The van der Waals surface area contributed by atoms with Gasteiger partial charge in [-0.25, -0.2) is 9.78 Å². The molecule has 2 aromatic carbocycles. The molecule has 1 aliphatic rings. The SMILES string of the molecule is Cc1nc(-c2cccc(NC(=O)C[C@@H]3OC(=O)c4ccccc43)c2)cs1. The summed E-state index contributed by atoms with van der Waals surface area (Å²) in [6, 6.07) is 14.7. The maximum Gasteiger partial charge on any atom is 0.339 e. The zero-order chi connectivity index (χ0) is 18.1. The van der Waals surface area contributed by atoms with Crippen LogP contribution in [-0.2, 0) is 9.53 Å². The summed E-state index contributed by atoms with van der Waals surface area (Å²) >= 11 is 1.59. The predicted octanol–water partition coefficient (Wildman–Crippen LogP) is 4.36. The molecule has 1 N–H and O–H groups in total. The first kappa shape index (κ1) is 16.5. The second kappa shape index (κ2) is 6.72. The van der Waals surface area contributed by atoms with Crippen LogP contribution in [0.3, 0.4) is 0 Å². The van der Waals surface area contributed by atoms with Crippen molar-refractivity contribution in [2.24, 2.45) is 0 Å².